The van der Waals surface area contributed by atoms with Crippen molar-refractivity contribution in [1.82, 2.24) is 5.32 Å². The van der Waals surface area contributed by atoms with Crippen LogP contribution in [0.2, 0.25) is 0 Å². The van der Waals surface area contributed by atoms with Crippen LogP contribution in [0.25, 0.3) is 0 Å². The van der Waals surface area contributed by atoms with Crippen LogP contribution in [-0.2, 0) is 15.6 Å². The molecule has 0 saturated carbocycles. The molecule has 0 radical (unpaired) electrons. The van der Waals surface area contributed by atoms with Crippen LogP contribution in [0, 0.1) is 59.7 Å². The number of nitrogens with one attached hydrogen (secondary N) is 1. The van der Waals surface area contributed by atoms with Gasteiger partial charge in [0, 0.05) is 22.8 Å². The lowest BCUT2D eigenvalue weighted by atomic mass is 10.1. The molecule has 0 heterocycles. The molecular weight excluding hydrogens is 306 g/mol. The molecule has 0 saturated heterocycles. The molecule has 3 nitrogen and oxygen atoms in total. The fraction of sp³-hybridized carbons (Fsp3) is 0.421. The fourth-order valence-electron chi connectivity index (χ4n) is 1.30. The van der Waals surface area contributed by atoms with Crippen LogP contribution in [0.5, 0.6) is 0 Å². The number of hydrogen-bond acceptors (Lipinski definition) is 3. The molecule has 0 amide bonds. The minimum absolute atomic E-state index is 0.0615. The quantitative estimate of drug-likeness (QED) is 0.740. The van der Waals surface area contributed by atoms with Crippen molar-refractivity contribution in [1.29, 1.82) is 0 Å². The van der Waals surface area contributed by atoms with Crippen LogP contribution in [0.1, 0.15) is 26.7 Å². The van der Waals surface area contributed by atoms with Crippen molar-refractivity contribution in [3.8, 4) is 59.7 Å². The molecule has 0 aliphatic heterocycles. The highest BCUT2D eigenvalue weighted by Crippen LogP contribution is 1.98. The highest BCUT2D eigenvalue weighted by Gasteiger charge is 2.10. The van der Waals surface area contributed by atoms with E-state index < -0.39 is 10.8 Å². The molecule has 0 aliphatic carbocycles. The molecule has 23 heavy (non-hydrogen) atoms. The van der Waals surface area contributed by atoms with Crippen molar-refractivity contribution >= 4 is 16.6 Å². The zero-order chi connectivity index (χ0) is 17.9. The summed E-state index contributed by atoms with van der Waals surface area (Å²) >= 11 is 0. The lowest BCUT2D eigenvalue weighted by Crippen LogP contribution is -2.32. The second-order valence-electron chi connectivity index (χ2n) is 4.14. The number of ketones is 1. The van der Waals surface area contributed by atoms with Crippen molar-refractivity contribution in [2.24, 2.45) is 0 Å². The predicted octanol–water partition coefficient (Wildman–Crippen LogP) is 0.975. The molecule has 0 aromatic carbocycles. The lowest BCUT2D eigenvalue weighted by Gasteiger charge is -2.11. The van der Waals surface area contributed by atoms with Crippen molar-refractivity contribution in [2.45, 2.75) is 32.7 Å². The third-order valence-electron chi connectivity index (χ3n) is 2.34. The monoisotopic (exact) mass is 327 g/mol. The zero-order valence-corrected chi connectivity index (χ0v) is 14.8. The number of hydrogen-bond donors (Lipinski definition) is 1. The average molecular weight is 327 g/mol. The van der Waals surface area contributed by atoms with Gasteiger partial charge >= 0.3 is 0 Å². The molecule has 4 heteroatoms. The number of carbonyl (C=O) groups is 1. The SMILES string of the molecule is C#CC#CC#CC#CC#CC.CN[C@H](CCCS(C)=O)C(C)=O. The summed E-state index contributed by atoms with van der Waals surface area (Å²) in [4.78, 5) is 10.9. The Morgan fingerprint density at radius 3 is 2.04 bits per heavy atom. The smallest absolute Gasteiger partial charge is 0.146 e. The van der Waals surface area contributed by atoms with Gasteiger partial charge in [-0.25, -0.2) is 0 Å². The number of rotatable bonds is 6. The first kappa shape index (κ1) is 22.9. The van der Waals surface area contributed by atoms with Crippen LogP contribution in [0.15, 0.2) is 0 Å². The van der Waals surface area contributed by atoms with Crippen molar-refractivity contribution in [3.05, 3.63) is 0 Å². The van der Waals surface area contributed by atoms with E-state index in [1.54, 1.807) is 27.2 Å². The zero-order valence-electron chi connectivity index (χ0n) is 14.0. The van der Waals surface area contributed by atoms with E-state index in [4.69, 9.17) is 6.42 Å². The second kappa shape index (κ2) is 17.6. The van der Waals surface area contributed by atoms with Gasteiger partial charge in [0.1, 0.15) is 5.78 Å². The summed E-state index contributed by atoms with van der Waals surface area (Å²) in [6.07, 6.45) is 8.15. The maximum Gasteiger partial charge on any atom is 0.146 e. The Bertz CT molecular complexity index is 670. The largest absolute Gasteiger partial charge is 0.311 e. The summed E-state index contributed by atoms with van der Waals surface area (Å²) in [5.41, 5.74) is 0. The molecule has 120 valence electrons. The van der Waals surface area contributed by atoms with Crippen molar-refractivity contribution in [2.75, 3.05) is 19.1 Å². The third-order valence-corrected chi connectivity index (χ3v) is 3.20. The number of likely N-dealkylation sites (N-methyl/N-ethyl adjacent to an activating group) is 1. The Morgan fingerprint density at radius 1 is 1.13 bits per heavy atom. The van der Waals surface area contributed by atoms with E-state index in [0.717, 1.165) is 12.8 Å². The Balaban J connectivity index is 0. The van der Waals surface area contributed by atoms with E-state index in [0.29, 0.717) is 5.75 Å². The number of Topliss-reactive ketones (excluding diaryl/α,β-unsaturated/α-hetero) is 1. The van der Waals surface area contributed by atoms with Gasteiger partial charge in [0.25, 0.3) is 0 Å². The number of carbonyl (C=O) groups excluding carboxylic acids is 1. The minimum Gasteiger partial charge on any atom is -0.311 e. The van der Waals surface area contributed by atoms with Crippen LogP contribution in [0.3, 0.4) is 0 Å². The fourth-order valence-corrected chi connectivity index (χ4v) is 1.87. The van der Waals surface area contributed by atoms with Crippen molar-refractivity contribution < 1.29 is 9.00 Å². The molecule has 1 N–H and O–H groups in total. The van der Waals surface area contributed by atoms with E-state index in [1.165, 1.54) is 0 Å². The van der Waals surface area contributed by atoms with Crippen molar-refractivity contribution in [3.63, 3.8) is 0 Å². The van der Waals surface area contributed by atoms with E-state index >= 15 is 0 Å². The topological polar surface area (TPSA) is 46.2 Å². The van der Waals surface area contributed by atoms with Gasteiger partial charge in [0.05, 0.1) is 6.04 Å². The van der Waals surface area contributed by atoms with Crippen LogP contribution in [-0.4, -0.2) is 35.1 Å². The Labute approximate surface area is 142 Å². The summed E-state index contributed by atoms with van der Waals surface area (Å²) < 4.78 is 10.7. The highest BCUT2D eigenvalue weighted by atomic mass is 32.2. The van der Waals surface area contributed by atoms with Gasteiger partial charge in [-0.05, 0) is 81.1 Å². The second-order valence-corrected chi connectivity index (χ2v) is 5.70. The maximum atomic E-state index is 10.9. The van der Waals surface area contributed by atoms with Crippen LogP contribution in [0.4, 0.5) is 0 Å². The minimum atomic E-state index is -0.736. The average Bonchev–Trinajstić information content (AvgIpc) is 2.51. The van der Waals surface area contributed by atoms with Gasteiger partial charge in [0.15, 0.2) is 0 Å². The van der Waals surface area contributed by atoms with Gasteiger partial charge < -0.3 is 5.32 Å². The molecule has 0 bridgehead atoms. The Kier molecular flexibility index (Phi) is 17.5. The molecule has 2 atom stereocenters. The summed E-state index contributed by atoms with van der Waals surface area (Å²) in [7, 11) is 1.04. The van der Waals surface area contributed by atoms with E-state index in [2.05, 4.69) is 58.6 Å². The standard InChI is InChI=1S/C11H4.C8H17NO2S/c1-3-5-7-9-11-10-8-6-4-2;1-7(10)8(9-2)5-4-6-12(3)11/h1H,2H3;8-9H,4-6H2,1-3H3/t;8-,12?/m.1/s1. The predicted molar refractivity (Wildman–Crippen MR) is 97.3 cm³/mol. The molecular formula is C19H21NO2S. The van der Waals surface area contributed by atoms with Gasteiger partial charge in [-0.3, -0.25) is 9.00 Å². The molecule has 0 spiro atoms. The Hall–Kier alpha value is -2.42. The molecule has 1 unspecified atom stereocenters. The van der Waals surface area contributed by atoms with E-state index in [9.17, 15) is 9.00 Å². The summed E-state index contributed by atoms with van der Waals surface area (Å²) in [6.45, 7) is 3.28. The summed E-state index contributed by atoms with van der Waals surface area (Å²) in [5.74, 6) is 22.8. The van der Waals surface area contributed by atoms with Gasteiger partial charge in [0.2, 0.25) is 0 Å². The van der Waals surface area contributed by atoms with Gasteiger partial charge in [-0.1, -0.05) is 5.92 Å². The lowest BCUT2D eigenvalue weighted by molar-refractivity contribution is -0.119. The molecule has 0 aromatic heterocycles. The highest BCUT2D eigenvalue weighted by molar-refractivity contribution is 7.84. The first-order chi connectivity index (χ1) is 11.0. The van der Waals surface area contributed by atoms with Gasteiger partial charge in [-0.15, -0.1) is 6.42 Å². The number of terminal acetylenes is 1. The Morgan fingerprint density at radius 2 is 1.65 bits per heavy atom. The maximum absolute atomic E-state index is 10.9. The molecule has 0 fully saturated rings. The first-order valence-electron chi connectivity index (χ1n) is 6.84. The third kappa shape index (κ3) is 19.6. The van der Waals surface area contributed by atoms with Crippen LogP contribution >= 0.6 is 0 Å². The summed E-state index contributed by atoms with van der Waals surface area (Å²) in [5, 5.41) is 2.93. The normalized spacial score (nSPS) is 9.87. The van der Waals surface area contributed by atoms with E-state index in [1.807, 2.05) is 0 Å². The summed E-state index contributed by atoms with van der Waals surface area (Å²) in [6, 6.07) is -0.0615. The van der Waals surface area contributed by atoms with E-state index in [-0.39, 0.29) is 11.8 Å². The molecule has 0 aromatic rings. The first-order valence-corrected chi connectivity index (χ1v) is 8.57. The van der Waals surface area contributed by atoms with Crippen LogP contribution < -0.4 is 5.32 Å². The molecule has 0 rings (SSSR count). The molecule has 0 aliphatic rings. The van der Waals surface area contributed by atoms with Gasteiger partial charge in [-0.2, -0.15) is 0 Å².